The summed E-state index contributed by atoms with van der Waals surface area (Å²) in [5.74, 6) is -0.263. The number of halogens is 3. The first-order chi connectivity index (χ1) is 13.9. The number of hydrogen-bond acceptors (Lipinski definition) is 3. The zero-order valence-corrected chi connectivity index (χ0v) is 18.9. The maximum absolute atomic E-state index is 13.0. The number of likely N-dealkylation sites (tertiary alicyclic amines) is 1. The van der Waals surface area contributed by atoms with Crippen molar-refractivity contribution in [2.45, 2.75) is 51.7 Å². The van der Waals surface area contributed by atoms with Crippen molar-refractivity contribution in [3.05, 3.63) is 29.3 Å². The summed E-state index contributed by atoms with van der Waals surface area (Å²) in [4.78, 5) is 26.6. The van der Waals surface area contributed by atoms with E-state index >= 15 is 0 Å². The minimum Gasteiger partial charge on any atom is -0.352 e. The van der Waals surface area contributed by atoms with Gasteiger partial charge in [0.05, 0.1) is 12.1 Å². The molecular weight excluding hydrogens is 414 g/mol. The van der Waals surface area contributed by atoms with Gasteiger partial charge in [-0.25, -0.2) is 0 Å². The molecule has 0 spiro atoms. The highest BCUT2D eigenvalue weighted by Crippen LogP contribution is 2.29. The molecule has 168 valence electrons. The van der Waals surface area contributed by atoms with Crippen LogP contribution < -0.4 is 15.9 Å². The average molecular weight is 445 g/mol. The minimum atomic E-state index is -4.49. The second-order valence-electron chi connectivity index (χ2n) is 8.56. The van der Waals surface area contributed by atoms with E-state index in [4.69, 9.17) is 0 Å². The van der Waals surface area contributed by atoms with Crippen molar-refractivity contribution in [1.82, 2.24) is 15.5 Å². The summed E-state index contributed by atoms with van der Waals surface area (Å²) in [6, 6.07) is 3.30. The van der Waals surface area contributed by atoms with Crippen LogP contribution in [-0.2, 0) is 11.0 Å². The lowest BCUT2D eigenvalue weighted by Gasteiger charge is -2.33. The van der Waals surface area contributed by atoms with E-state index in [1.54, 1.807) is 0 Å². The Bertz CT molecular complexity index is 760. The molecule has 2 N–H and O–H groups in total. The average Bonchev–Trinajstić information content (AvgIpc) is 2.65. The molecule has 1 heterocycles. The van der Waals surface area contributed by atoms with Crippen molar-refractivity contribution < 1.29 is 22.8 Å². The van der Waals surface area contributed by atoms with E-state index in [0.717, 1.165) is 44.5 Å². The summed E-state index contributed by atoms with van der Waals surface area (Å²) >= 11 is 0. The van der Waals surface area contributed by atoms with Crippen LogP contribution in [0.4, 0.5) is 13.2 Å². The highest BCUT2D eigenvalue weighted by molar-refractivity contribution is 7.27. The molecule has 1 aliphatic rings. The molecule has 0 saturated carbocycles. The van der Waals surface area contributed by atoms with Crippen LogP contribution in [0.3, 0.4) is 0 Å². The number of hydrogen-bond donors (Lipinski definition) is 2. The predicted octanol–water partition coefficient (Wildman–Crippen LogP) is 2.95. The van der Waals surface area contributed by atoms with Gasteiger partial charge < -0.3 is 10.6 Å². The fraction of sp³-hybridized carbons (Fsp3) is 0.619. The molecule has 2 rings (SSSR count). The maximum Gasteiger partial charge on any atom is 0.416 e. The predicted molar refractivity (Wildman–Crippen MR) is 115 cm³/mol. The minimum absolute atomic E-state index is 0.00229. The van der Waals surface area contributed by atoms with E-state index in [0.29, 0.717) is 18.4 Å². The Morgan fingerprint density at radius 1 is 1.17 bits per heavy atom. The molecule has 1 unspecified atom stereocenters. The van der Waals surface area contributed by atoms with Crippen molar-refractivity contribution in [2.75, 3.05) is 26.2 Å². The van der Waals surface area contributed by atoms with Gasteiger partial charge in [0.15, 0.2) is 0 Å². The lowest BCUT2D eigenvalue weighted by atomic mass is 9.96. The molecule has 30 heavy (non-hydrogen) atoms. The summed E-state index contributed by atoms with van der Waals surface area (Å²) in [5, 5.41) is 6.09. The Morgan fingerprint density at radius 3 is 2.37 bits per heavy atom. The monoisotopic (exact) mass is 445 g/mol. The first-order valence-electron chi connectivity index (χ1n) is 10.2. The van der Waals surface area contributed by atoms with Crippen molar-refractivity contribution in [1.29, 1.82) is 0 Å². The Kier molecular flexibility index (Phi) is 8.28. The normalized spacial score (nSPS) is 16.4. The smallest absolute Gasteiger partial charge is 0.352 e. The largest absolute Gasteiger partial charge is 0.416 e. The summed E-state index contributed by atoms with van der Waals surface area (Å²) in [5.41, 5.74) is -1.06. The molecule has 0 bridgehead atoms. The molecule has 0 radical (unpaired) electrons. The molecular formula is C21H31F3N3O2P. The number of nitrogens with one attached hydrogen (secondary N) is 2. The van der Waals surface area contributed by atoms with Crippen LogP contribution in [0, 0.1) is 5.92 Å². The van der Waals surface area contributed by atoms with E-state index in [1.807, 2.05) is 20.8 Å². The highest BCUT2D eigenvalue weighted by Gasteiger charge is 2.31. The maximum atomic E-state index is 13.0. The van der Waals surface area contributed by atoms with Gasteiger partial charge in [-0.3, -0.25) is 14.5 Å². The van der Waals surface area contributed by atoms with Gasteiger partial charge in [0.2, 0.25) is 5.91 Å². The highest BCUT2D eigenvalue weighted by atomic mass is 31.0. The zero-order valence-electron chi connectivity index (χ0n) is 17.7. The molecule has 9 heteroatoms. The van der Waals surface area contributed by atoms with Crippen LogP contribution >= 0.6 is 9.24 Å². The number of alkyl halides is 3. The molecule has 1 aromatic carbocycles. The number of rotatable bonds is 7. The standard InChI is InChI=1S/C21H31F3N3O2P/c1-4-20(2,3)26-18(28)13-27-7-5-14(6-8-27)12-25-19(29)15-9-16(21(22,23)24)11-17(30)10-15/h9-11,14H,4-8,12-13,30H2,1-3H3,(H,25,29)(H,26,28). The molecule has 2 amide bonds. The van der Waals surface area contributed by atoms with E-state index < -0.39 is 17.6 Å². The third-order valence-electron chi connectivity index (χ3n) is 5.53. The van der Waals surface area contributed by atoms with Gasteiger partial charge in [-0.1, -0.05) is 6.92 Å². The second kappa shape index (κ2) is 10.1. The number of piperidine rings is 1. The Balaban J connectivity index is 1.80. The lowest BCUT2D eigenvalue weighted by molar-refractivity contribution is -0.137. The number of nitrogens with zero attached hydrogens (tertiary/aromatic N) is 1. The summed E-state index contributed by atoms with van der Waals surface area (Å²) in [6.45, 7) is 8.27. The molecule has 1 atom stereocenters. The first-order valence-corrected chi connectivity index (χ1v) is 10.8. The van der Waals surface area contributed by atoms with Crippen LogP contribution in [0.25, 0.3) is 0 Å². The molecule has 5 nitrogen and oxygen atoms in total. The van der Waals surface area contributed by atoms with E-state index in [1.165, 1.54) is 6.07 Å². The number of carbonyl (C=O) groups is 2. The Morgan fingerprint density at radius 2 is 1.80 bits per heavy atom. The van der Waals surface area contributed by atoms with Crippen molar-refractivity contribution in [3.8, 4) is 0 Å². The van der Waals surface area contributed by atoms with E-state index in [-0.39, 0.29) is 22.9 Å². The first kappa shape index (κ1) is 24.6. The van der Waals surface area contributed by atoms with Crippen molar-refractivity contribution >= 4 is 26.4 Å². The summed E-state index contributed by atoms with van der Waals surface area (Å²) in [7, 11) is 2.20. The number of carbonyl (C=O) groups excluding carboxylic acids is 2. The summed E-state index contributed by atoms with van der Waals surface area (Å²) < 4.78 is 38.9. The van der Waals surface area contributed by atoms with Crippen molar-refractivity contribution in [2.24, 2.45) is 5.92 Å². The van der Waals surface area contributed by atoms with Gasteiger partial charge >= 0.3 is 6.18 Å². The van der Waals surface area contributed by atoms with Crippen molar-refractivity contribution in [3.63, 3.8) is 0 Å². The molecule has 1 aliphatic heterocycles. The Labute approximate surface area is 178 Å². The third kappa shape index (κ3) is 7.55. The van der Waals surface area contributed by atoms with Crippen LogP contribution in [0.5, 0.6) is 0 Å². The van der Waals surface area contributed by atoms with Crippen LogP contribution in [0.15, 0.2) is 18.2 Å². The number of amides is 2. The van der Waals surface area contributed by atoms with Gasteiger partial charge in [0, 0.05) is 17.6 Å². The molecule has 1 saturated heterocycles. The zero-order chi connectivity index (χ0) is 22.5. The van der Waals surface area contributed by atoms with Crippen LogP contribution in [0.2, 0.25) is 0 Å². The van der Waals surface area contributed by atoms with Gasteiger partial charge in [0.1, 0.15) is 0 Å². The lowest BCUT2D eigenvalue weighted by Crippen LogP contribution is -2.49. The molecule has 1 fully saturated rings. The van der Waals surface area contributed by atoms with Gasteiger partial charge in [-0.2, -0.15) is 13.2 Å². The number of benzene rings is 1. The van der Waals surface area contributed by atoms with Crippen LogP contribution in [0.1, 0.15) is 56.0 Å². The molecule has 0 aromatic heterocycles. The van der Waals surface area contributed by atoms with Gasteiger partial charge in [0.25, 0.3) is 5.91 Å². The fourth-order valence-corrected chi connectivity index (χ4v) is 3.70. The topological polar surface area (TPSA) is 61.4 Å². The fourth-order valence-electron chi connectivity index (χ4n) is 3.34. The van der Waals surface area contributed by atoms with E-state index in [2.05, 4.69) is 24.8 Å². The van der Waals surface area contributed by atoms with Gasteiger partial charge in [-0.15, -0.1) is 9.24 Å². The van der Waals surface area contributed by atoms with E-state index in [9.17, 15) is 22.8 Å². The third-order valence-corrected chi connectivity index (χ3v) is 5.87. The van der Waals surface area contributed by atoms with Gasteiger partial charge in [-0.05, 0) is 75.6 Å². The SMILES string of the molecule is CCC(C)(C)NC(=O)CN1CCC(CNC(=O)c2cc(P)cc(C(F)(F)F)c2)CC1. The molecule has 0 aliphatic carbocycles. The Hall–Kier alpha value is -1.66. The summed E-state index contributed by atoms with van der Waals surface area (Å²) in [6.07, 6.45) is -2.00. The van der Waals surface area contributed by atoms with Crippen LogP contribution in [-0.4, -0.2) is 48.4 Å². The quantitative estimate of drug-likeness (QED) is 0.635. The second-order valence-corrected chi connectivity index (χ2v) is 9.22. The molecule has 1 aromatic rings.